The Bertz CT molecular complexity index is 952. The number of thiophene rings is 2. The van der Waals surface area contributed by atoms with Gasteiger partial charge in [-0.15, -0.1) is 22.7 Å². The number of anilines is 1. The largest absolute Gasteiger partial charge is 0.360 e. The zero-order chi connectivity index (χ0) is 18.5. The van der Waals surface area contributed by atoms with E-state index in [-0.39, 0.29) is 17.6 Å². The minimum absolute atomic E-state index is 0.254. The standard InChI is InChI=1S/C20H18N2O3S2/c1-11-8-18(21-25-11)22(19(23)16-9-12-4-2-6-14(12)26-16)20(24)17-10-13-5-3-7-15(13)27-17/h8-10H,2-7H2,1H3. The minimum Gasteiger partial charge on any atom is -0.360 e. The van der Waals surface area contributed by atoms with Crippen LogP contribution in [-0.4, -0.2) is 17.0 Å². The van der Waals surface area contributed by atoms with Gasteiger partial charge in [0.1, 0.15) is 5.76 Å². The first kappa shape index (κ1) is 16.9. The molecule has 5 rings (SSSR count). The number of nitrogens with zero attached hydrogens (tertiary/aromatic N) is 2. The quantitative estimate of drug-likeness (QED) is 0.606. The van der Waals surface area contributed by atoms with Gasteiger partial charge in [-0.1, -0.05) is 5.16 Å². The van der Waals surface area contributed by atoms with Crippen LogP contribution < -0.4 is 4.90 Å². The number of aryl methyl sites for hydroxylation is 5. The topological polar surface area (TPSA) is 63.4 Å². The predicted octanol–water partition coefficient (Wildman–Crippen LogP) is 4.57. The molecule has 0 unspecified atom stereocenters. The molecule has 0 spiro atoms. The Balaban J connectivity index is 1.53. The van der Waals surface area contributed by atoms with Gasteiger partial charge in [0.25, 0.3) is 11.8 Å². The van der Waals surface area contributed by atoms with E-state index in [1.807, 2.05) is 12.1 Å². The van der Waals surface area contributed by atoms with E-state index < -0.39 is 0 Å². The molecule has 5 nitrogen and oxygen atoms in total. The molecule has 0 atom stereocenters. The highest BCUT2D eigenvalue weighted by Crippen LogP contribution is 2.35. The Morgan fingerprint density at radius 1 is 0.926 bits per heavy atom. The molecule has 0 aromatic carbocycles. The second-order valence-corrected chi connectivity index (χ2v) is 9.34. The van der Waals surface area contributed by atoms with Gasteiger partial charge in [0.2, 0.25) is 0 Å². The summed E-state index contributed by atoms with van der Waals surface area (Å²) in [5.74, 6) is 0.185. The third kappa shape index (κ3) is 2.85. The second-order valence-electron chi connectivity index (χ2n) is 7.07. The molecular weight excluding hydrogens is 380 g/mol. The van der Waals surface area contributed by atoms with Crippen LogP contribution in [0.2, 0.25) is 0 Å². The molecule has 2 amide bonds. The maximum absolute atomic E-state index is 13.3. The van der Waals surface area contributed by atoms with E-state index in [1.165, 1.54) is 48.5 Å². The normalized spacial score (nSPS) is 15.0. The second kappa shape index (κ2) is 6.42. The Morgan fingerprint density at radius 2 is 1.48 bits per heavy atom. The molecule has 0 fully saturated rings. The van der Waals surface area contributed by atoms with E-state index in [2.05, 4.69) is 5.16 Å². The van der Waals surface area contributed by atoms with Crippen LogP contribution in [0.1, 0.15) is 58.8 Å². The number of imide groups is 1. The van der Waals surface area contributed by atoms with Crippen molar-refractivity contribution in [1.29, 1.82) is 0 Å². The molecule has 3 aromatic heterocycles. The van der Waals surface area contributed by atoms with Gasteiger partial charge >= 0.3 is 0 Å². The monoisotopic (exact) mass is 398 g/mol. The lowest BCUT2D eigenvalue weighted by Crippen LogP contribution is -2.36. The molecule has 0 bridgehead atoms. The highest BCUT2D eigenvalue weighted by atomic mass is 32.1. The molecule has 3 heterocycles. The van der Waals surface area contributed by atoms with Gasteiger partial charge in [-0.3, -0.25) is 9.59 Å². The number of hydrogen-bond acceptors (Lipinski definition) is 6. The van der Waals surface area contributed by atoms with Crippen molar-refractivity contribution in [3.63, 3.8) is 0 Å². The van der Waals surface area contributed by atoms with Gasteiger partial charge in [-0.05, 0) is 68.7 Å². The Hall–Kier alpha value is -2.25. The van der Waals surface area contributed by atoms with Crippen molar-refractivity contribution in [3.05, 3.63) is 54.6 Å². The highest BCUT2D eigenvalue weighted by Gasteiger charge is 2.32. The van der Waals surface area contributed by atoms with Crippen molar-refractivity contribution < 1.29 is 14.1 Å². The van der Waals surface area contributed by atoms with Gasteiger partial charge in [0.05, 0.1) is 9.75 Å². The van der Waals surface area contributed by atoms with Gasteiger partial charge in [0, 0.05) is 15.8 Å². The number of hydrogen-bond donors (Lipinski definition) is 0. The smallest absolute Gasteiger partial charge is 0.276 e. The summed E-state index contributed by atoms with van der Waals surface area (Å²) in [5, 5.41) is 3.95. The molecule has 0 radical (unpaired) electrons. The summed E-state index contributed by atoms with van der Waals surface area (Å²) in [6, 6.07) is 5.52. The molecule has 7 heteroatoms. The number of carbonyl (C=O) groups is 2. The van der Waals surface area contributed by atoms with Gasteiger partial charge in [-0.25, -0.2) is 4.90 Å². The van der Waals surface area contributed by atoms with Gasteiger partial charge in [0.15, 0.2) is 5.82 Å². The maximum atomic E-state index is 13.3. The summed E-state index contributed by atoms with van der Waals surface area (Å²) in [4.78, 5) is 31.5. The summed E-state index contributed by atoms with van der Waals surface area (Å²) in [7, 11) is 0. The maximum Gasteiger partial charge on any atom is 0.276 e. The molecule has 2 aliphatic rings. The van der Waals surface area contributed by atoms with Crippen molar-refractivity contribution in [2.75, 3.05) is 4.90 Å². The molecule has 0 N–H and O–H groups in total. The van der Waals surface area contributed by atoms with Crippen LogP contribution >= 0.6 is 22.7 Å². The Labute approximate surface area is 164 Å². The zero-order valence-electron chi connectivity index (χ0n) is 14.9. The minimum atomic E-state index is -0.318. The zero-order valence-corrected chi connectivity index (χ0v) is 16.5. The van der Waals surface area contributed by atoms with Crippen molar-refractivity contribution in [3.8, 4) is 0 Å². The third-order valence-electron chi connectivity index (χ3n) is 5.17. The lowest BCUT2D eigenvalue weighted by molar-refractivity contribution is 0.0899. The van der Waals surface area contributed by atoms with Gasteiger partial charge in [-0.2, -0.15) is 0 Å². The number of carbonyl (C=O) groups excluding carboxylic acids is 2. The first-order valence-electron chi connectivity index (χ1n) is 9.15. The Morgan fingerprint density at radius 3 is 1.93 bits per heavy atom. The van der Waals surface area contributed by atoms with Crippen LogP contribution in [0.25, 0.3) is 0 Å². The van der Waals surface area contributed by atoms with Crippen molar-refractivity contribution in [1.82, 2.24) is 5.16 Å². The summed E-state index contributed by atoms with van der Waals surface area (Å²) in [5.41, 5.74) is 2.48. The predicted molar refractivity (Wildman–Crippen MR) is 105 cm³/mol. The van der Waals surface area contributed by atoms with E-state index in [1.54, 1.807) is 13.0 Å². The summed E-state index contributed by atoms with van der Waals surface area (Å²) < 4.78 is 5.15. The lowest BCUT2D eigenvalue weighted by atomic mass is 10.2. The van der Waals surface area contributed by atoms with E-state index in [4.69, 9.17) is 4.52 Å². The van der Waals surface area contributed by atoms with Gasteiger partial charge < -0.3 is 4.52 Å². The van der Waals surface area contributed by atoms with Crippen LogP contribution in [0, 0.1) is 6.92 Å². The first-order chi connectivity index (χ1) is 13.1. The number of amides is 2. The molecule has 138 valence electrons. The van der Waals surface area contributed by atoms with Crippen molar-refractivity contribution >= 4 is 40.3 Å². The van der Waals surface area contributed by atoms with Crippen LogP contribution in [0.3, 0.4) is 0 Å². The molecule has 27 heavy (non-hydrogen) atoms. The van der Waals surface area contributed by atoms with Crippen LogP contribution in [0.4, 0.5) is 5.82 Å². The lowest BCUT2D eigenvalue weighted by Gasteiger charge is -2.16. The molecule has 3 aromatic rings. The van der Waals surface area contributed by atoms with Crippen LogP contribution in [0.5, 0.6) is 0 Å². The fourth-order valence-corrected chi connectivity index (χ4v) is 6.22. The van der Waals surface area contributed by atoms with Crippen molar-refractivity contribution in [2.45, 2.75) is 45.4 Å². The van der Waals surface area contributed by atoms with Crippen molar-refractivity contribution in [2.24, 2.45) is 0 Å². The summed E-state index contributed by atoms with van der Waals surface area (Å²) in [6.45, 7) is 1.75. The third-order valence-corrected chi connectivity index (χ3v) is 7.62. The average Bonchev–Trinajstić information content (AvgIpc) is 3.40. The average molecular weight is 399 g/mol. The number of rotatable bonds is 3. The molecule has 2 aliphatic carbocycles. The fourth-order valence-electron chi connectivity index (χ4n) is 3.85. The molecule has 0 aliphatic heterocycles. The summed E-state index contributed by atoms with van der Waals surface area (Å²) >= 11 is 3.00. The highest BCUT2D eigenvalue weighted by molar-refractivity contribution is 7.15. The van der Waals surface area contributed by atoms with Crippen LogP contribution in [-0.2, 0) is 25.7 Å². The van der Waals surface area contributed by atoms with E-state index in [9.17, 15) is 9.59 Å². The molecule has 0 saturated carbocycles. The number of aromatic nitrogens is 1. The van der Waals surface area contributed by atoms with E-state index in [0.717, 1.165) is 38.5 Å². The SMILES string of the molecule is Cc1cc(N(C(=O)c2cc3c(s2)CCC3)C(=O)c2cc3c(s2)CCC3)no1. The van der Waals surface area contributed by atoms with E-state index in [0.29, 0.717) is 15.5 Å². The number of fused-ring (bicyclic) bond motifs is 2. The molecule has 0 saturated heterocycles. The van der Waals surface area contributed by atoms with Crippen LogP contribution in [0.15, 0.2) is 22.7 Å². The summed E-state index contributed by atoms with van der Waals surface area (Å²) in [6.07, 6.45) is 6.33. The fraction of sp³-hybridized carbons (Fsp3) is 0.350. The van der Waals surface area contributed by atoms with E-state index >= 15 is 0 Å². The molecular formula is C20H18N2O3S2. The first-order valence-corrected chi connectivity index (χ1v) is 10.8. The Kier molecular flexibility index (Phi) is 4.02.